The average molecular weight is 305 g/mol. The van der Waals surface area contributed by atoms with E-state index in [1.165, 1.54) is 32.1 Å². The lowest BCUT2D eigenvalue weighted by atomic mass is 9.83. The topological polar surface area (TPSA) is 88.2 Å². The van der Waals surface area contributed by atoms with Crippen LogP contribution in [0.5, 0.6) is 0 Å². The summed E-state index contributed by atoms with van der Waals surface area (Å²) in [6.45, 7) is 0.379. The van der Waals surface area contributed by atoms with Gasteiger partial charge in [-0.3, -0.25) is 9.78 Å². The van der Waals surface area contributed by atoms with Gasteiger partial charge in [0.15, 0.2) is 0 Å². The molecule has 0 spiro atoms. The SMILES string of the molecule is N[C@@H](CC1CCCCC1)[C@H](O)CC(=O)NCc1ccccn1. The number of pyridine rings is 1. The quantitative estimate of drug-likeness (QED) is 0.716. The van der Waals surface area contributed by atoms with Gasteiger partial charge in [0.2, 0.25) is 5.91 Å². The predicted octanol–water partition coefficient (Wildman–Crippen LogP) is 1.75. The number of nitrogens with one attached hydrogen (secondary N) is 1. The number of hydrogen-bond acceptors (Lipinski definition) is 4. The first kappa shape index (κ1) is 16.9. The van der Waals surface area contributed by atoms with Crippen LogP contribution in [0, 0.1) is 5.92 Å². The van der Waals surface area contributed by atoms with E-state index in [1.807, 2.05) is 18.2 Å². The Morgan fingerprint density at radius 2 is 2.14 bits per heavy atom. The summed E-state index contributed by atoms with van der Waals surface area (Å²) < 4.78 is 0. The lowest BCUT2D eigenvalue weighted by Crippen LogP contribution is -2.40. The molecular formula is C17H27N3O2. The molecule has 1 saturated carbocycles. The zero-order valence-electron chi connectivity index (χ0n) is 13.1. The Balaban J connectivity index is 1.68. The van der Waals surface area contributed by atoms with Gasteiger partial charge in [0.25, 0.3) is 0 Å². The highest BCUT2D eigenvalue weighted by Gasteiger charge is 2.23. The van der Waals surface area contributed by atoms with E-state index in [-0.39, 0.29) is 18.4 Å². The summed E-state index contributed by atoms with van der Waals surface area (Å²) in [5.41, 5.74) is 6.86. The van der Waals surface area contributed by atoms with E-state index in [9.17, 15) is 9.90 Å². The second-order valence-electron chi connectivity index (χ2n) is 6.27. The zero-order chi connectivity index (χ0) is 15.8. The van der Waals surface area contributed by atoms with Crippen molar-refractivity contribution in [3.63, 3.8) is 0 Å². The molecule has 1 aliphatic carbocycles. The number of carbonyl (C=O) groups excluding carboxylic acids is 1. The number of aliphatic hydroxyl groups excluding tert-OH is 1. The number of rotatable bonds is 7. The van der Waals surface area contributed by atoms with E-state index in [2.05, 4.69) is 10.3 Å². The molecule has 1 heterocycles. The number of amides is 1. The van der Waals surface area contributed by atoms with E-state index in [4.69, 9.17) is 5.73 Å². The highest BCUT2D eigenvalue weighted by atomic mass is 16.3. The minimum atomic E-state index is -0.773. The molecule has 0 unspecified atom stereocenters. The number of nitrogens with two attached hydrogens (primary N) is 1. The predicted molar refractivity (Wildman–Crippen MR) is 85.9 cm³/mol. The van der Waals surface area contributed by atoms with Gasteiger partial charge < -0.3 is 16.2 Å². The van der Waals surface area contributed by atoms with Crippen molar-refractivity contribution in [1.29, 1.82) is 0 Å². The third kappa shape index (κ3) is 5.73. The van der Waals surface area contributed by atoms with Crippen molar-refractivity contribution in [2.24, 2.45) is 11.7 Å². The molecule has 1 amide bonds. The standard InChI is InChI=1S/C17H27N3O2/c18-15(10-13-6-2-1-3-7-13)16(21)11-17(22)20-12-14-8-4-5-9-19-14/h4-5,8-9,13,15-16,21H,1-3,6-7,10-12,18H2,(H,20,22)/t15-,16+/m0/s1. The molecule has 0 aliphatic heterocycles. The normalized spacial score (nSPS) is 18.6. The Labute approximate surface area is 132 Å². The number of nitrogens with zero attached hydrogens (tertiary/aromatic N) is 1. The van der Waals surface area contributed by atoms with Crippen LogP contribution in [0.15, 0.2) is 24.4 Å². The van der Waals surface area contributed by atoms with Crippen LogP contribution < -0.4 is 11.1 Å². The van der Waals surface area contributed by atoms with Gasteiger partial charge >= 0.3 is 0 Å². The average Bonchev–Trinajstić information content (AvgIpc) is 2.55. The van der Waals surface area contributed by atoms with Gasteiger partial charge in [-0.15, -0.1) is 0 Å². The maximum absolute atomic E-state index is 11.9. The van der Waals surface area contributed by atoms with Gasteiger partial charge in [0.05, 0.1) is 24.8 Å². The Morgan fingerprint density at radius 3 is 2.82 bits per heavy atom. The minimum Gasteiger partial charge on any atom is -0.391 e. The van der Waals surface area contributed by atoms with Gasteiger partial charge in [-0.25, -0.2) is 0 Å². The summed E-state index contributed by atoms with van der Waals surface area (Å²) in [6.07, 6.45) is 8.02. The first-order chi connectivity index (χ1) is 10.6. The molecule has 122 valence electrons. The molecule has 1 fully saturated rings. The van der Waals surface area contributed by atoms with E-state index in [0.717, 1.165) is 12.1 Å². The fraction of sp³-hybridized carbons (Fsp3) is 0.647. The maximum Gasteiger partial charge on any atom is 0.222 e. The largest absolute Gasteiger partial charge is 0.391 e. The second-order valence-corrected chi connectivity index (χ2v) is 6.27. The molecule has 0 bridgehead atoms. The lowest BCUT2D eigenvalue weighted by molar-refractivity contribution is -0.123. The van der Waals surface area contributed by atoms with Gasteiger partial charge in [0.1, 0.15) is 0 Å². The molecule has 0 radical (unpaired) electrons. The number of aromatic nitrogens is 1. The van der Waals surface area contributed by atoms with Crippen molar-refractivity contribution < 1.29 is 9.90 Å². The lowest BCUT2D eigenvalue weighted by Gasteiger charge is -2.26. The Kier molecular flexibility index (Phi) is 6.80. The van der Waals surface area contributed by atoms with Crippen LogP contribution in [0.2, 0.25) is 0 Å². The van der Waals surface area contributed by atoms with Crippen LogP contribution in [-0.4, -0.2) is 28.1 Å². The Morgan fingerprint density at radius 1 is 1.36 bits per heavy atom. The highest BCUT2D eigenvalue weighted by Crippen LogP contribution is 2.27. The van der Waals surface area contributed by atoms with Crippen molar-refractivity contribution >= 4 is 5.91 Å². The monoisotopic (exact) mass is 305 g/mol. The fourth-order valence-corrected chi connectivity index (χ4v) is 3.07. The summed E-state index contributed by atoms with van der Waals surface area (Å²) in [4.78, 5) is 16.0. The van der Waals surface area contributed by atoms with Gasteiger partial charge in [-0.1, -0.05) is 38.2 Å². The molecule has 22 heavy (non-hydrogen) atoms. The molecule has 5 nitrogen and oxygen atoms in total. The van der Waals surface area contributed by atoms with Gasteiger partial charge in [-0.05, 0) is 24.5 Å². The van der Waals surface area contributed by atoms with Crippen LogP contribution in [-0.2, 0) is 11.3 Å². The summed E-state index contributed by atoms with van der Waals surface area (Å²) in [7, 11) is 0. The van der Waals surface area contributed by atoms with Gasteiger partial charge in [-0.2, -0.15) is 0 Å². The summed E-state index contributed by atoms with van der Waals surface area (Å²) in [5.74, 6) is 0.423. The van der Waals surface area contributed by atoms with Gasteiger partial charge in [0, 0.05) is 12.2 Å². The van der Waals surface area contributed by atoms with E-state index in [0.29, 0.717) is 12.5 Å². The molecule has 2 rings (SSSR count). The van der Waals surface area contributed by atoms with Crippen LogP contribution in [0.3, 0.4) is 0 Å². The molecular weight excluding hydrogens is 278 g/mol. The maximum atomic E-state index is 11.9. The third-order valence-electron chi connectivity index (χ3n) is 4.41. The summed E-state index contributed by atoms with van der Waals surface area (Å²) >= 11 is 0. The molecule has 1 aromatic heterocycles. The second kappa shape index (κ2) is 8.86. The van der Waals surface area contributed by atoms with Crippen LogP contribution in [0.1, 0.15) is 50.6 Å². The number of carbonyl (C=O) groups is 1. The van der Waals surface area contributed by atoms with Crippen molar-refractivity contribution in [2.45, 2.75) is 63.6 Å². The molecule has 1 aliphatic rings. The molecule has 2 atom stereocenters. The van der Waals surface area contributed by atoms with Crippen molar-refractivity contribution in [3.8, 4) is 0 Å². The van der Waals surface area contributed by atoms with Crippen LogP contribution in [0.4, 0.5) is 0 Å². The number of aliphatic hydroxyl groups is 1. The Bertz CT molecular complexity index is 446. The Hall–Kier alpha value is -1.46. The summed E-state index contributed by atoms with van der Waals surface area (Å²) in [6, 6.07) is 5.25. The van der Waals surface area contributed by atoms with E-state index >= 15 is 0 Å². The molecule has 0 aromatic carbocycles. The molecule has 1 aromatic rings. The van der Waals surface area contributed by atoms with E-state index < -0.39 is 6.10 Å². The van der Waals surface area contributed by atoms with E-state index in [1.54, 1.807) is 6.20 Å². The molecule has 0 saturated heterocycles. The minimum absolute atomic E-state index is 0.0563. The molecule has 4 N–H and O–H groups in total. The van der Waals surface area contributed by atoms with Crippen LogP contribution in [0.25, 0.3) is 0 Å². The summed E-state index contributed by atoms with van der Waals surface area (Å²) in [5, 5.41) is 12.9. The first-order valence-corrected chi connectivity index (χ1v) is 8.25. The highest BCUT2D eigenvalue weighted by molar-refractivity contribution is 5.76. The number of hydrogen-bond donors (Lipinski definition) is 3. The van der Waals surface area contributed by atoms with Crippen molar-refractivity contribution in [3.05, 3.63) is 30.1 Å². The van der Waals surface area contributed by atoms with Crippen LogP contribution >= 0.6 is 0 Å². The fourth-order valence-electron chi connectivity index (χ4n) is 3.07. The van der Waals surface area contributed by atoms with Crippen molar-refractivity contribution in [1.82, 2.24) is 10.3 Å². The molecule has 5 heteroatoms. The zero-order valence-corrected chi connectivity index (χ0v) is 13.1. The first-order valence-electron chi connectivity index (χ1n) is 8.25. The third-order valence-corrected chi connectivity index (χ3v) is 4.41. The smallest absolute Gasteiger partial charge is 0.222 e. The van der Waals surface area contributed by atoms with Crippen molar-refractivity contribution in [2.75, 3.05) is 0 Å².